The molecule has 8 nitrogen and oxygen atoms in total. The number of aromatic nitrogens is 2. The Labute approximate surface area is 192 Å². The number of imide groups is 1. The first-order valence-electron chi connectivity index (χ1n) is 11.8. The van der Waals surface area contributed by atoms with E-state index in [4.69, 9.17) is 5.10 Å². The van der Waals surface area contributed by atoms with Crippen molar-refractivity contribution in [2.24, 2.45) is 0 Å². The summed E-state index contributed by atoms with van der Waals surface area (Å²) in [5, 5.41) is 11.6. The van der Waals surface area contributed by atoms with Gasteiger partial charge >= 0.3 is 6.03 Å². The lowest BCUT2D eigenvalue weighted by molar-refractivity contribution is -0.124. The van der Waals surface area contributed by atoms with Crippen molar-refractivity contribution in [1.82, 2.24) is 25.3 Å². The summed E-state index contributed by atoms with van der Waals surface area (Å²) in [4.78, 5) is 36.5. The molecule has 1 saturated heterocycles. The highest BCUT2D eigenvalue weighted by Crippen LogP contribution is 2.35. The average Bonchev–Trinajstić information content (AvgIpc) is 3.47. The van der Waals surface area contributed by atoms with Gasteiger partial charge in [-0.1, -0.05) is 38.5 Å². The first-order valence-corrected chi connectivity index (χ1v) is 12.6. The van der Waals surface area contributed by atoms with E-state index >= 15 is 0 Å². The Kier molecular flexibility index (Phi) is 7.13. The molecule has 32 heavy (non-hydrogen) atoms. The zero-order chi connectivity index (χ0) is 22.7. The number of rotatable bonds is 3. The van der Waals surface area contributed by atoms with Crippen LogP contribution in [0.2, 0.25) is 0 Å². The number of amides is 4. The average molecular weight is 460 g/mol. The molecule has 2 aliphatic carbocycles. The minimum atomic E-state index is -0.310. The number of aryl methyl sites for hydroxylation is 1. The molecule has 1 aliphatic heterocycles. The van der Waals surface area contributed by atoms with E-state index in [1.807, 2.05) is 0 Å². The summed E-state index contributed by atoms with van der Waals surface area (Å²) in [5.41, 5.74) is 1.06. The predicted octanol–water partition coefficient (Wildman–Crippen LogP) is 4.14. The summed E-state index contributed by atoms with van der Waals surface area (Å²) in [6, 6.07) is 2.63. The second-order valence-electron chi connectivity index (χ2n) is 9.07. The van der Waals surface area contributed by atoms with E-state index in [-0.39, 0.29) is 24.4 Å². The molecule has 2 N–H and O–H groups in total. The van der Waals surface area contributed by atoms with E-state index in [1.54, 1.807) is 11.3 Å². The molecular formula is C23H33N5O3S. The van der Waals surface area contributed by atoms with Crippen molar-refractivity contribution >= 4 is 39.4 Å². The molecule has 9 heteroatoms. The number of thiophene rings is 1. The first-order chi connectivity index (χ1) is 15.4. The number of carbonyl (C=O) groups excluding carboxylic acids is 3. The zero-order valence-corrected chi connectivity index (χ0v) is 19.8. The number of likely N-dealkylation sites (N-methyl/N-ethyl adjacent to an activating group) is 1. The van der Waals surface area contributed by atoms with Gasteiger partial charge in [0.15, 0.2) is 0 Å². The van der Waals surface area contributed by atoms with Crippen molar-refractivity contribution in [2.75, 3.05) is 13.6 Å². The minimum Gasteiger partial charge on any atom is -0.349 e. The van der Waals surface area contributed by atoms with Crippen molar-refractivity contribution in [3.63, 3.8) is 0 Å². The fraction of sp³-hybridized carbons (Fsp3) is 0.652. The van der Waals surface area contributed by atoms with E-state index in [9.17, 15) is 14.4 Å². The van der Waals surface area contributed by atoms with Crippen molar-refractivity contribution < 1.29 is 14.4 Å². The third-order valence-corrected chi connectivity index (χ3v) is 7.85. The highest BCUT2D eigenvalue weighted by atomic mass is 32.1. The Morgan fingerprint density at radius 3 is 2.31 bits per heavy atom. The van der Waals surface area contributed by atoms with Gasteiger partial charge in [-0.25, -0.2) is 4.79 Å². The minimum absolute atomic E-state index is 0.109. The van der Waals surface area contributed by atoms with Crippen molar-refractivity contribution in [2.45, 2.75) is 83.2 Å². The zero-order valence-electron chi connectivity index (χ0n) is 19.0. The number of nitrogens with one attached hydrogen (secondary N) is 2. The molecule has 2 aromatic heterocycles. The molecule has 0 spiro atoms. The molecule has 0 aromatic carbocycles. The highest BCUT2D eigenvalue weighted by molar-refractivity contribution is 7.20. The Hall–Kier alpha value is -2.42. The topological polar surface area (TPSA) is 96.3 Å². The lowest BCUT2D eigenvalue weighted by Crippen LogP contribution is -2.35. The fourth-order valence-corrected chi connectivity index (χ4v) is 5.90. The van der Waals surface area contributed by atoms with Crippen molar-refractivity contribution in [3.8, 4) is 0 Å². The first kappa shape index (κ1) is 22.8. The van der Waals surface area contributed by atoms with Gasteiger partial charge < -0.3 is 10.6 Å². The summed E-state index contributed by atoms with van der Waals surface area (Å²) >= 11 is 1.62. The van der Waals surface area contributed by atoms with Gasteiger partial charge in [0.1, 0.15) is 4.83 Å². The maximum absolute atomic E-state index is 12.6. The Morgan fingerprint density at radius 2 is 1.75 bits per heavy atom. The molecule has 2 saturated carbocycles. The quantitative estimate of drug-likeness (QED) is 0.674. The smallest absolute Gasteiger partial charge is 0.324 e. The van der Waals surface area contributed by atoms with Gasteiger partial charge in [0.05, 0.1) is 23.2 Å². The molecule has 2 aromatic rings. The molecule has 174 valence electrons. The Bertz CT molecular complexity index is 969. The van der Waals surface area contributed by atoms with Crippen LogP contribution >= 0.6 is 11.3 Å². The van der Waals surface area contributed by atoms with E-state index in [1.165, 1.54) is 68.6 Å². The van der Waals surface area contributed by atoms with Gasteiger partial charge in [-0.05, 0) is 38.7 Å². The van der Waals surface area contributed by atoms with Crippen LogP contribution in [0.5, 0.6) is 0 Å². The van der Waals surface area contributed by atoms with E-state index in [0.29, 0.717) is 12.1 Å². The maximum atomic E-state index is 12.6. The summed E-state index contributed by atoms with van der Waals surface area (Å²) in [6.45, 7) is 2.21. The van der Waals surface area contributed by atoms with Crippen LogP contribution in [-0.4, -0.2) is 52.2 Å². The number of carbonyl (C=O) groups is 3. The van der Waals surface area contributed by atoms with Crippen molar-refractivity contribution in [3.05, 3.63) is 16.6 Å². The number of fused-ring (bicyclic) bond motifs is 1. The van der Waals surface area contributed by atoms with Gasteiger partial charge in [0, 0.05) is 18.5 Å². The van der Waals surface area contributed by atoms with E-state index in [0.717, 1.165) is 28.3 Å². The Balaban J connectivity index is 0.000000260. The van der Waals surface area contributed by atoms with Crippen LogP contribution < -0.4 is 10.6 Å². The summed E-state index contributed by atoms with van der Waals surface area (Å²) in [5.74, 6) is -0.0623. The molecule has 3 heterocycles. The van der Waals surface area contributed by atoms with Crippen LogP contribution in [-0.2, 0) is 4.79 Å². The number of urea groups is 1. The Morgan fingerprint density at radius 1 is 1.09 bits per heavy atom. The number of hydrogen-bond donors (Lipinski definition) is 2. The molecule has 5 rings (SSSR count). The van der Waals surface area contributed by atoms with Gasteiger partial charge in [0.25, 0.3) is 5.91 Å². The van der Waals surface area contributed by atoms with E-state index in [2.05, 4.69) is 28.3 Å². The second-order valence-corrected chi connectivity index (χ2v) is 10.1. The monoisotopic (exact) mass is 459 g/mol. The van der Waals surface area contributed by atoms with Gasteiger partial charge in [0.2, 0.25) is 5.91 Å². The largest absolute Gasteiger partial charge is 0.349 e. The van der Waals surface area contributed by atoms with Gasteiger partial charge in [-0.15, -0.1) is 11.3 Å². The standard InChI is InChI=1S/C19H27N3OS.C4H6N2O2/c1-13-16-12-17(18(23)20-14-8-4-2-5-9-14)24-19(16)22(21-13)15-10-6-3-7-11-15;1-6-3(7)2-5-4(6)8/h12,14-15H,2-11H2,1H3,(H,20,23);2H2,1H3,(H,5,8). The van der Waals surface area contributed by atoms with Crippen LogP contribution in [0.4, 0.5) is 4.79 Å². The highest BCUT2D eigenvalue weighted by Gasteiger charge is 2.24. The summed E-state index contributed by atoms with van der Waals surface area (Å²) < 4.78 is 2.21. The number of nitrogens with zero attached hydrogens (tertiary/aromatic N) is 3. The van der Waals surface area contributed by atoms with Crippen LogP contribution in [0, 0.1) is 6.92 Å². The molecule has 4 amide bonds. The maximum Gasteiger partial charge on any atom is 0.324 e. The normalized spacial score (nSPS) is 20.2. The van der Waals surface area contributed by atoms with Crippen LogP contribution in [0.3, 0.4) is 0 Å². The lowest BCUT2D eigenvalue weighted by Gasteiger charge is -2.22. The molecule has 0 bridgehead atoms. The molecule has 0 unspecified atom stereocenters. The van der Waals surface area contributed by atoms with Crippen LogP contribution in [0.25, 0.3) is 10.2 Å². The summed E-state index contributed by atoms with van der Waals surface area (Å²) in [6.07, 6.45) is 12.4. The molecule has 3 fully saturated rings. The lowest BCUT2D eigenvalue weighted by atomic mass is 9.95. The second kappa shape index (κ2) is 10.0. The number of hydrogen-bond acceptors (Lipinski definition) is 5. The predicted molar refractivity (Wildman–Crippen MR) is 125 cm³/mol. The third-order valence-electron chi connectivity index (χ3n) is 6.72. The third kappa shape index (κ3) is 4.98. The SMILES string of the molecule is CN1C(=O)CNC1=O.Cc1nn(C2CCCCC2)c2sc(C(=O)NC3CCCCC3)cc12. The van der Waals surface area contributed by atoms with Crippen molar-refractivity contribution in [1.29, 1.82) is 0 Å². The molecule has 0 radical (unpaired) electrons. The molecule has 3 aliphatic rings. The summed E-state index contributed by atoms with van der Waals surface area (Å²) in [7, 11) is 1.45. The van der Waals surface area contributed by atoms with Gasteiger partial charge in [-0.3, -0.25) is 19.2 Å². The molecular weight excluding hydrogens is 426 g/mol. The van der Waals surface area contributed by atoms with Crippen LogP contribution in [0.15, 0.2) is 6.07 Å². The fourth-order valence-electron chi connectivity index (χ4n) is 4.76. The van der Waals surface area contributed by atoms with Gasteiger partial charge in [-0.2, -0.15) is 5.10 Å². The van der Waals surface area contributed by atoms with E-state index < -0.39 is 0 Å². The molecule has 0 atom stereocenters. The van der Waals surface area contributed by atoms with Crippen LogP contribution in [0.1, 0.15) is 85.6 Å².